The molecule has 0 saturated carbocycles. The molecule has 0 aliphatic carbocycles. The maximum absolute atomic E-state index is 10.9. The van der Waals surface area contributed by atoms with E-state index in [1.54, 1.807) is 20.8 Å². The van der Waals surface area contributed by atoms with Crippen molar-refractivity contribution < 1.29 is 24.2 Å². The Kier molecular flexibility index (Phi) is 3.79. The van der Waals surface area contributed by atoms with E-state index in [1.807, 2.05) is 0 Å². The first-order valence-electron chi connectivity index (χ1n) is 5.12. The SMILES string of the molecule is CN(c1occc1C(=O)O)C(O)OC(C)(C)C. The molecular weight excluding hydrogens is 226 g/mol. The molecule has 0 amide bonds. The van der Waals surface area contributed by atoms with Crippen molar-refractivity contribution in [1.29, 1.82) is 0 Å². The van der Waals surface area contributed by atoms with Crippen molar-refractivity contribution in [2.75, 3.05) is 11.9 Å². The lowest BCUT2D eigenvalue weighted by atomic mass is 10.2. The predicted octanol–water partition coefficient (Wildman–Crippen LogP) is 1.50. The Bertz CT molecular complexity index is 393. The van der Waals surface area contributed by atoms with E-state index in [2.05, 4.69) is 0 Å². The van der Waals surface area contributed by atoms with E-state index in [1.165, 1.54) is 24.3 Å². The second-order valence-electron chi connectivity index (χ2n) is 4.61. The van der Waals surface area contributed by atoms with Crippen LogP contribution in [0.4, 0.5) is 5.88 Å². The Morgan fingerprint density at radius 1 is 1.53 bits per heavy atom. The second kappa shape index (κ2) is 4.77. The van der Waals surface area contributed by atoms with E-state index in [0.29, 0.717) is 0 Å². The lowest BCUT2D eigenvalue weighted by Crippen LogP contribution is -2.39. The molecule has 6 heteroatoms. The summed E-state index contributed by atoms with van der Waals surface area (Å²) in [5.41, 5.74) is -0.576. The van der Waals surface area contributed by atoms with Crippen molar-refractivity contribution in [3.63, 3.8) is 0 Å². The summed E-state index contributed by atoms with van der Waals surface area (Å²) in [7, 11) is 1.49. The van der Waals surface area contributed by atoms with E-state index >= 15 is 0 Å². The summed E-state index contributed by atoms with van der Waals surface area (Å²) in [6, 6.07) is 1.32. The first kappa shape index (κ1) is 13.5. The van der Waals surface area contributed by atoms with Crippen LogP contribution < -0.4 is 4.90 Å². The summed E-state index contributed by atoms with van der Waals surface area (Å²) in [5.74, 6) is -1.07. The zero-order valence-corrected chi connectivity index (χ0v) is 10.3. The van der Waals surface area contributed by atoms with Gasteiger partial charge in [0.2, 0.25) is 12.3 Å². The number of nitrogens with zero attached hydrogens (tertiary/aromatic N) is 1. The molecule has 0 aromatic carbocycles. The first-order valence-corrected chi connectivity index (χ1v) is 5.12. The van der Waals surface area contributed by atoms with Crippen LogP contribution in [0.5, 0.6) is 0 Å². The van der Waals surface area contributed by atoms with Crippen LogP contribution in [0.3, 0.4) is 0 Å². The molecule has 1 aromatic rings. The summed E-state index contributed by atoms with van der Waals surface area (Å²) >= 11 is 0. The third-order valence-corrected chi connectivity index (χ3v) is 1.99. The van der Waals surface area contributed by atoms with E-state index < -0.39 is 18.0 Å². The van der Waals surface area contributed by atoms with Crippen molar-refractivity contribution in [2.24, 2.45) is 0 Å². The fourth-order valence-electron chi connectivity index (χ4n) is 1.23. The molecule has 1 atom stereocenters. The van der Waals surface area contributed by atoms with E-state index in [9.17, 15) is 9.90 Å². The molecule has 0 radical (unpaired) electrons. The van der Waals surface area contributed by atoms with Crippen molar-refractivity contribution >= 4 is 11.9 Å². The summed E-state index contributed by atoms with van der Waals surface area (Å²) in [6.07, 6.45) is -0.0294. The van der Waals surface area contributed by atoms with Crippen LogP contribution in [0.2, 0.25) is 0 Å². The van der Waals surface area contributed by atoms with Gasteiger partial charge in [-0.2, -0.15) is 0 Å². The van der Waals surface area contributed by atoms with E-state index in [4.69, 9.17) is 14.3 Å². The minimum absolute atomic E-state index is 0.0240. The molecule has 17 heavy (non-hydrogen) atoms. The smallest absolute Gasteiger partial charge is 0.341 e. The van der Waals surface area contributed by atoms with Gasteiger partial charge in [-0.15, -0.1) is 0 Å². The minimum Gasteiger partial charge on any atom is -0.477 e. The number of anilines is 1. The standard InChI is InChI=1S/C11H17NO5/c1-11(2,3)17-10(15)12(4)8-7(9(13)14)5-6-16-8/h5-6,10,15H,1-4H3,(H,13,14). The van der Waals surface area contributed by atoms with Gasteiger partial charge in [-0.05, 0) is 26.8 Å². The Morgan fingerprint density at radius 3 is 2.59 bits per heavy atom. The Hall–Kier alpha value is -1.53. The number of hydrogen-bond donors (Lipinski definition) is 2. The van der Waals surface area contributed by atoms with Crippen molar-refractivity contribution in [2.45, 2.75) is 32.8 Å². The number of furan rings is 1. The van der Waals surface area contributed by atoms with Gasteiger partial charge in [0.1, 0.15) is 5.56 Å². The van der Waals surface area contributed by atoms with E-state index in [-0.39, 0.29) is 11.4 Å². The highest BCUT2D eigenvalue weighted by Gasteiger charge is 2.25. The normalized spacial score (nSPS) is 13.5. The highest BCUT2D eigenvalue weighted by atomic mass is 16.6. The predicted molar refractivity (Wildman–Crippen MR) is 60.9 cm³/mol. The minimum atomic E-state index is -1.28. The summed E-state index contributed by atoms with van der Waals surface area (Å²) in [5, 5.41) is 18.7. The lowest BCUT2D eigenvalue weighted by Gasteiger charge is -2.29. The average Bonchev–Trinajstić information content (AvgIpc) is 2.61. The number of hydrogen-bond acceptors (Lipinski definition) is 5. The van der Waals surface area contributed by atoms with Gasteiger partial charge in [0.15, 0.2) is 0 Å². The zero-order valence-electron chi connectivity index (χ0n) is 10.3. The van der Waals surface area contributed by atoms with Crippen LogP contribution >= 0.6 is 0 Å². The molecule has 0 fully saturated rings. The fourth-order valence-corrected chi connectivity index (χ4v) is 1.23. The van der Waals surface area contributed by atoms with Crippen molar-refractivity contribution in [1.82, 2.24) is 0 Å². The number of carbonyl (C=O) groups is 1. The number of aromatic carboxylic acids is 1. The number of aliphatic hydroxyl groups excluding tert-OH is 1. The Morgan fingerprint density at radius 2 is 2.12 bits per heavy atom. The average molecular weight is 243 g/mol. The monoisotopic (exact) mass is 243 g/mol. The van der Waals surface area contributed by atoms with Gasteiger partial charge in [-0.1, -0.05) is 0 Å². The third-order valence-electron chi connectivity index (χ3n) is 1.99. The molecule has 0 aliphatic heterocycles. The molecule has 0 saturated heterocycles. The van der Waals surface area contributed by atoms with Gasteiger partial charge < -0.3 is 19.4 Å². The highest BCUT2D eigenvalue weighted by molar-refractivity contribution is 5.92. The molecule has 0 aliphatic rings. The lowest BCUT2D eigenvalue weighted by molar-refractivity contribution is -0.164. The molecule has 96 valence electrons. The third kappa shape index (κ3) is 3.47. The van der Waals surface area contributed by atoms with Gasteiger partial charge in [-0.25, -0.2) is 4.79 Å². The summed E-state index contributed by atoms with van der Waals surface area (Å²) < 4.78 is 10.3. The zero-order chi connectivity index (χ0) is 13.2. The maximum atomic E-state index is 10.9. The molecule has 1 heterocycles. The Labute approximate surface area is 99.4 Å². The first-order chi connectivity index (χ1) is 7.72. The molecule has 1 rings (SSSR count). The molecule has 2 N–H and O–H groups in total. The largest absolute Gasteiger partial charge is 0.477 e. The Balaban J connectivity index is 2.85. The fraction of sp³-hybridized carbons (Fsp3) is 0.545. The topological polar surface area (TPSA) is 83.1 Å². The molecule has 6 nitrogen and oxygen atoms in total. The number of carboxylic acids is 1. The van der Waals surface area contributed by atoms with Crippen LogP contribution in [-0.2, 0) is 4.74 Å². The number of carboxylic acid groups (broad SMARTS) is 1. The second-order valence-corrected chi connectivity index (χ2v) is 4.61. The van der Waals surface area contributed by atoms with Crippen molar-refractivity contribution in [3.8, 4) is 0 Å². The van der Waals surface area contributed by atoms with Gasteiger partial charge in [0, 0.05) is 7.05 Å². The van der Waals surface area contributed by atoms with Gasteiger partial charge in [0.25, 0.3) is 0 Å². The quantitative estimate of drug-likeness (QED) is 0.780. The molecular formula is C11H17NO5. The van der Waals surface area contributed by atoms with Crippen LogP contribution in [0.15, 0.2) is 16.7 Å². The summed E-state index contributed by atoms with van der Waals surface area (Å²) in [4.78, 5) is 12.1. The molecule has 0 spiro atoms. The van der Waals surface area contributed by atoms with Gasteiger partial charge in [-0.3, -0.25) is 4.90 Å². The molecule has 1 unspecified atom stereocenters. The van der Waals surface area contributed by atoms with Crippen LogP contribution in [0, 0.1) is 0 Å². The van der Waals surface area contributed by atoms with Crippen LogP contribution in [0.1, 0.15) is 31.1 Å². The van der Waals surface area contributed by atoms with Gasteiger partial charge in [0.05, 0.1) is 11.9 Å². The van der Waals surface area contributed by atoms with Crippen LogP contribution in [-0.4, -0.2) is 35.2 Å². The van der Waals surface area contributed by atoms with Crippen molar-refractivity contribution in [3.05, 3.63) is 17.9 Å². The van der Waals surface area contributed by atoms with Crippen LogP contribution in [0.25, 0.3) is 0 Å². The van der Waals surface area contributed by atoms with E-state index in [0.717, 1.165) is 0 Å². The highest BCUT2D eigenvalue weighted by Crippen LogP contribution is 2.23. The molecule has 1 aromatic heterocycles. The number of rotatable bonds is 4. The molecule has 0 bridgehead atoms. The maximum Gasteiger partial charge on any atom is 0.341 e. The number of ether oxygens (including phenoxy) is 1. The van der Waals surface area contributed by atoms with Gasteiger partial charge >= 0.3 is 5.97 Å². The number of aliphatic hydroxyl groups is 1. The summed E-state index contributed by atoms with van der Waals surface area (Å²) in [6.45, 7) is 5.35.